The normalized spacial score (nSPS) is 16.6. The first-order chi connectivity index (χ1) is 10.6. The molecule has 3 rings (SSSR count). The number of hydrogen-bond acceptors (Lipinski definition) is 4. The maximum Gasteiger partial charge on any atom is 0.251 e. The van der Waals surface area contributed by atoms with E-state index in [0.29, 0.717) is 12.1 Å². The predicted octanol–water partition coefficient (Wildman–Crippen LogP) is 1.61. The molecule has 1 heterocycles. The number of nitrogens with zero attached hydrogens (tertiary/aromatic N) is 3. The Bertz CT molecular complexity index is 661. The Hall–Kier alpha value is -2.21. The van der Waals surface area contributed by atoms with E-state index in [1.54, 1.807) is 17.1 Å². The first kappa shape index (κ1) is 14.7. The second kappa shape index (κ2) is 5.88. The Kier molecular flexibility index (Phi) is 3.94. The zero-order valence-corrected chi connectivity index (χ0v) is 12.6. The minimum Gasteiger partial charge on any atom is -0.388 e. The van der Waals surface area contributed by atoms with Crippen molar-refractivity contribution in [2.75, 3.05) is 6.54 Å². The number of amides is 1. The number of nitrogens with one attached hydrogen (secondary N) is 1. The number of benzene rings is 1. The largest absolute Gasteiger partial charge is 0.388 e. The monoisotopic (exact) mass is 300 g/mol. The Balaban J connectivity index is 1.69. The van der Waals surface area contributed by atoms with Gasteiger partial charge >= 0.3 is 0 Å². The lowest BCUT2D eigenvalue weighted by Crippen LogP contribution is -2.40. The van der Waals surface area contributed by atoms with Gasteiger partial charge in [0.25, 0.3) is 5.91 Å². The summed E-state index contributed by atoms with van der Waals surface area (Å²) in [6.45, 7) is 2.24. The van der Waals surface area contributed by atoms with Gasteiger partial charge in [-0.3, -0.25) is 4.79 Å². The molecule has 0 radical (unpaired) electrons. The van der Waals surface area contributed by atoms with Crippen molar-refractivity contribution in [2.24, 2.45) is 0 Å². The summed E-state index contributed by atoms with van der Waals surface area (Å²) in [6, 6.07) is 5.44. The molecule has 1 fully saturated rings. The topological polar surface area (TPSA) is 80.0 Å². The van der Waals surface area contributed by atoms with E-state index >= 15 is 0 Å². The van der Waals surface area contributed by atoms with Crippen LogP contribution in [0, 0.1) is 6.92 Å². The molecule has 0 bridgehead atoms. The number of aliphatic hydroxyl groups is 1. The molecule has 1 saturated carbocycles. The summed E-state index contributed by atoms with van der Waals surface area (Å²) in [5, 5.41) is 17.2. The zero-order chi connectivity index (χ0) is 15.6. The lowest BCUT2D eigenvalue weighted by atomic mass is 10.0. The summed E-state index contributed by atoms with van der Waals surface area (Å²) in [6.07, 6.45) is 6.67. The summed E-state index contributed by atoms with van der Waals surface area (Å²) in [4.78, 5) is 16.2. The number of rotatable bonds is 4. The molecule has 6 nitrogen and oxygen atoms in total. The van der Waals surface area contributed by atoms with Crippen LogP contribution in [0.5, 0.6) is 0 Å². The molecular weight excluding hydrogens is 280 g/mol. The van der Waals surface area contributed by atoms with Crippen molar-refractivity contribution in [3.63, 3.8) is 0 Å². The maximum atomic E-state index is 12.2. The van der Waals surface area contributed by atoms with Crippen molar-refractivity contribution in [3.8, 4) is 5.69 Å². The molecular formula is C16H20N4O2. The highest BCUT2D eigenvalue weighted by molar-refractivity contribution is 5.94. The van der Waals surface area contributed by atoms with Crippen molar-refractivity contribution in [1.82, 2.24) is 20.1 Å². The lowest BCUT2D eigenvalue weighted by molar-refractivity contribution is 0.0449. The van der Waals surface area contributed by atoms with E-state index in [0.717, 1.165) is 36.9 Å². The molecule has 22 heavy (non-hydrogen) atoms. The molecule has 1 aromatic carbocycles. The van der Waals surface area contributed by atoms with Gasteiger partial charge in [0.15, 0.2) is 0 Å². The lowest BCUT2D eigenvalue weighted by Gasteiger charge is -2.22. The van der Waals surface area contributed by atoms with Gasteiger partial charge in [-0.05, 0) is 43.5 Å². The first-order valence-corrected chi connectivity index (χ1v) is 7.54. The maximum absolute atomic E-state index is 12.2. The van der Waals surface area contributed by atoms with Crippen LogP contribution in [0.4, 0.5) is 0 Å². The third kappa shape index (κ3) is 3.01. The quantitative estimate of drug-likeness (QED) is 0.899. The van der Waals surface area contributed by atoms with Crippen LogP contribution in [0.25, 0.3) is 5.69 Å². The second-order valence-corrected chi connectivity index (χ2v) is 5.96. The van der Waals surface area contributed by atoms with Gasteiger partial charge in [-0.25, -0.2) is 9.67 Å². The predicted molar refractivity (Wildman–Crippen MR) is 81.8 cm³/mol. The van der Waals surface area contributed by atoms with Crippen molar-refractivity contribution >= 4 is 5.91 Å². The van der Waals surface area contributed by atoms with E-state index in [4.69, 9.17) is 0 Å². The van der Waals surface area contributed by atoms with E-state index in [-0.39, 0.29) is 5.91 Å². The average Bonchev–Trinajstić information content (AvgIpc) is 3.17. The van der Waals surface area contributed by atoms with Crippen molar-refractivity contribution in [1.29, 1.82) is 0 Å². The van der Waals surface area contributed by atoms with Crippen molar-refractivity contribution < 1.29 is 9.90 Å². The Morgan fingerprint density at radius 3 is 2.82 bits per heavy atom. The molecule has 2 aromatic rings. The van der Waals surface area contributed by atoms with E-state index in [1.807, 2.05) is 19.1 Å². The average molecular weight is 300 g/mol. The van der Waals surface area contributed by atoms with Crippen LogP contribution in [0.15, 0.2) is 30.9 Å². The highest BCUT2D eigenvalue weighted by Crippen LogP contribution is 2.28. The van der Waals surface area contributed by atoms with Gasteiger partial charge < -0.3 is 10.4 Å². The number of aromatic nitrogens is 3. The van der Waals surface area contributed by atoms with Gasteiger partial charge in [-0.2, -0.15) is 5.10 Å². The third-order valence-electron chi connectivity index (χ3n) is 4.24. The number of carbonyl (C=O) groups is 1. The Labute approximate surface area is 129 Å². The van der Waals surface area contributed by atoms with Crippen LogP contribution >= 0.6 is 0 Å². The van der Waals surface area contributed by atoms with E-state index in [1.165, 1.54) is 6.33 Å². The van der Waals surface area contributed by atoms with Crippen LogP contribution in [0.3, 0.4) is 0 Å². The standard InChI is InChI=1S/C16H20N4O2/c1-12-8-13(4-5-14(12)20-11-17-10-19-20)15(21)18-9-16(22)6-2-3-7-16/h4-5,8,10-11,22H,2-3,6-7,9H2,1H3,(H,18,21). The first-order valence-electron chi connectivity index (χ1n) is 7.54. The number of aryl methyl sites for hydroxylation is 1. The summed E-state index contributed by atoms with van der Waals surface area (Å²) in [5.74, 6) is -0.159. The summed E-state index contributed by atoms with van der Waals surface area (Å²) in [7, 11) is 0. The van der Waals surface area contributed by atoms with Gasteiger partial charge in [0.05, 0.1) is 11.3 Å². The van der Waals surface area contributed by atoms with Gasteiger partial charge in [0, 0.05) is 12.1 Å². The molecule has 0 aliphatic heterocycles. The highest BCUT2D eigenvalue weighted by atomic mass is 16.3. The molecule has 1 aromatic heterocycles. The highest BCUT2D eigenvalue weighted by Gasteiger charge is 2.31. The van der Waals surface area contributed by atoms with Crippen molar-refractivity contribution in [2.45, 2.75) is 38.2 Å². The fourth-order valence-electron chi connectivity index (χ4n) is 2.94. The SMILES string of the molecule is Cc1cc(C(=O)NCC2(O)CCCC2)ccc1-n1cncn1. The van der Waals surface area contributed by atoms with E-state index < -0.39 is 5.60 Å². The molecule has 0 saturated heterocycles. The van der Waals surface area contributed by atoms with Gasteiger partial charge in [-0.1, -0.05) is 12.8 Å². The van der Waals surface area contributed by atoms with Crippen LogP contribution < -0.4 is 5.32 Å². The van der Waals surface area contributed by atoms with Crippen molar-refractivity contribution in [3.05, 3.63) is 42.0 Å². The molecule has 116 valence electrons. The van der Waals surface area contributed by atoms with Crippen LogP contribution in [0.2, 0.25) is 0 Å². The third-order valence-corrected chi connectivity index (χ3v) is 4.24. The van der Waals surface area contributed by atoms with Gasteiger partial charge in [0.1, 0.15) is 12.7 Å². The fraction of sp³-hybridized carbons (Fsp3) is 0.438. The molecule has 1 aliphatic carbocycles. The molecule has 2 N–H and O–H groups in total. The number of hydrogen-bond donors (Lipinski definition) is 2. The molecule has 1 aliphatic rings. The van der Waals surface area contributed by atoms with E-state index in [2.05, 4.69) is 15.4 Å². The van der Waals surface area contributed by atoms with Gasteiger partial charge in [0.2, 0.25) is 0 Å². The fourth-order valence-corrected chi connectivity index (χ4v) is 2.94. The molecule has 1 amide bonds. The summed E-state index contributed by atoms with van der Waals surface area (Å²) < 4.78 is 1.66. The summed E-state index contributed by atoms with van der Waals surface area (Å²) in [5.41, 5.74) is 1.69. The minimum absolute atomic E-state index is 0.159. The smallest absolute Gasteiger partial charge is 0.251 e. The second-order valence-electron chi connectivity index (χ2n) is 5.96. The van der Waals surface area contributed by atoms with Crippen LogP contribution in [-0.2, 0) is 0 Å². The van der Waals surface area contributed by atoms with Crippen LogP contribution in [0.1, 0.15) is 41.6 Å². The molecule has 0 unspecified atom stereocenters. The summed E-state index contributed by atoms with van der Waals surface area (Å²) >= 11 is 0. The Morgan fingerprint density at radius 2 is 2.18 bits per heavy atom. The number of carbonyl (C=O) groups excluding carboxylic acids is 1. The zero-order valence-electron chi connectivity index (χ0n) is 12.6. The minimum atomic E-state index is -0.731. The van der Waals surface area contributed by atoms with Crippen LogP contribution in [-0.4, -0.2) is 37.9 Å². The van der Waals surface area contributed by atoms with Gasteiger partial charge in [-0.15, -0.1) is 0 Å². The Morgan fingerprint density at radius 1 is 1.41 bits per heavy atom. The molecule has 0 spiro atoms. The molecule has 0 atom stereocenters. The van der Waals surface area contributed by atoms with E-state index in [9.17, 15) is 9.90 Å². The molecule has 6 heteroatoms.